The summed E-state index contributed by atoms with van der Waals surface area (Å²) in [5, 5.41) is 10.5. The van der Waals surface area contributed by atoms with Gasteiger partial charge in [0.2, 0.25) is 0 Å². The molecule has 132 valence electrons. The number of aromatic nitrogens is 1. The average molecular weight is 341 g/mol. The first-order valence-corrected chi connectivity index (χ1v) is 9.50. The Kier molecular flexibility index (Phi) is 7.27. The van der Waals surface area contributed by atoms with E-state index in [9.17, 15) is 5.11 Å². The first-order valence-electron chi connectivity index (χ1n) is 8.69. The number of aliphatic hydroxyl groups is 1. The summed E-state index contributed by atoms with van der Waals surface area (Å²) in [6.07, 6.45) is 4.12. The fourth-order valence-corrected chi connectivity index (χ4v) is 3.91. The Bertz CT molecular complexity index is 463. The van der Waals surface area contributed by atoms with E-state index in [-0.39, 0.29) is 6.61 Å². The number of nitrogens with zero attached hydrogens (tertiary/aromatic N) is 4. The van der Waals surface area contributed by atoms with Gasteiger partial charge in [-0.1, -0.05) is 13.8 Å². The summed E-state index contributed by atoms with van der Waals surface area (Å²) < 4.78 is 0. The Hall–Kier alpha value is -0.690. The summed E-state index contributed by atoms with van der Waals surface area (Å²) >= 11 is 1.77. The number of aliphatic hydroxyl groups excluding tert-OH is 1. The summed E-state index contributed by atoms with van der Waals surface area (Å²) in [6, 6.07) is 0.480. The van der Waals surface area contributed by atoms with E-state index in [1.807, 2.05) is 20.3 Å². The zero-order chi connectivity index (χ0) is 16.8. The third-order valence-corrected chi connectivity index (χ3v) is 5.60. The maximum atomic E-state index is 9.40. The molecule has 0 aromatic carbocycles. The highest BCUT2D eigenvalue weighted by molar-refractivity contribution is 7.15. The van der Waals surface area contributed by atoms with Gasteiger partial charge in [-0.3, -0.25) is 9.80 Å². The van der Waals surface area contributed by atoms with Crippen LogP contribution in [-0.4, -0.2) is 72.8 Å². The van der Waals surface area contributed by atoms with Gasteiger partial charge in [-0.15, -0.1) is 11.3 Å². The predicted molar refractivity (Wildman–Crippen MR) is 98.2 cm³/mol. The van der Waals surface area contributed by atoms with Gasteiger partial charge in [-0.2, -0.15) is 0 Å². The molecule has 1 atom stereocenters. The molecular weight excluding hydrogens is 308 g/mol. The number of rotatable bonds is 8. The van der Waals surface area contributed by atoms with E-state index < -0.39 is 0 Å². The van der Waals surface area contributed by atoms with Gasteiger partial charge in [-0.05, 0) is 25.3 Å². The fourth-order valence-electron chi connectivity index (χ4n) is 3.04. The highest BCUT2D eigenvalue weighted by Crippen LogP contribution is 2.23. The molecule has 1 N–H and O–H groups in total. The first-order chi connectivity index (χ1) is 11.0. The van der Waals surface area contributed by atoms with E-state index in [0.717, 1.165) is 50.2 Å². The van der Waals surface area contributed by atoms with Crippen LogP contribution < -0.4 is 4.90 Å². The largest absolute Gasteiger partial charge is 0.396 e. The van der Waals surface area contributed by atoms with Crippen LogP contribution in [0.2, 0.25) is 0 Å². The monoisotopic (exact) mass is 340 g/mol. The van der Waals surface area contributed by atoms with Gasteiger partial charge in [0.05, 0.1) is 0 Å². The zero-order valence-electron chi connectivity index (χ0n) is 15.0. The maximum Gasteiger partial charge on any atom is 0.185 e. The third kappa shape index (κ3) is 5.71. The molecule has 0 saturated carbocycles. The molecule has 1 aliphatic heterocycles. The molecule has 6 heteroatoms. The molecule has 0 amide bonds. The molecule has 1 aliphatic rings. The molecule has 1 saturated heterocycles. The van der Waals surface area contributed by atoms with Gasteiger partial charge in [0.25, 0.3) is 0 Å². The van der Waals surface area contributed by atoms with Crippen molar-refractivity contribution in [1.29, 1.82) is 0 Å². The van der Waals surface area contributed by atoms with Crippen molar-refractivity contribution in [2.24, 2.45) is 5.92 Å². The lowest BCUT2D eigenvalue weighted by molar-refractivity contribution is 0.0528. The van der Waals surface area contributed by atoms with Crippen molar-refractivity contribution in [3.63, 3.8) is 0 Å². The fraction of sp³-hybridized carbons (Fsp3) is 0.824. The number of anilines is 1. The van der Waals surface area contributed by atoms with Crippen molar-refractivity contribution in [1.82, 2.24) is 14.8 Å². The predicted octanol–water partition coefficient (Wildman–Crippen LogP) is 2.12. The van der Waals surface area contributed by atoms with E-state index in [1.54, 1.807) is 11.3 Å². The number of piperazine rings is 1. The molecule has 0 radical (unpaired) electrons. The van der Waals surface area contributed by atoms with Crippen molar-refractivity contribution in [2.45, 2.75) is 39.3 Å². The van der Waals surface area contributed by atoms with Crippen LogP contribution in [0.4, 0.5) is 5.13 Å². The van der Waals surface area contributed by atoms with Crippen molar-refractivity contribution >= 4 is 16.5 Å². The molecule has 1 aromatic rings. The second-order valence-corrected chi connectivity index (χ2v) is 8.22. The van der Waals surface area contributed by atoms with Crippen LogP contribution in [-0.2, 0) is 6.54 Å². The Labute approximate surface area is 144 Å². The van der Waals surface area contributed by atoms with E-state index in [4.69, 9.17) is 0 Å². The highest BCUT2D eigenvalue weighted by Gasteiger charge is 2.26. The van der Waals surface area contributed by atoms with Crippen LogP contribution in [0.1, 0.15) is 31.6 Å². The van der Waals surface area contributed by atoms with E-state index >= 15 is 0 Å². The smallest absolute Gasteiger partial charge is 0.185 e. The summed E-state index contributed by atoms with van der Waals surface area (Å²) in [6.45, 7) is 10.2. The van der Waals surface area contributed by atoms with Gasteiger partial charge in [0, 0.05) is 64.0 Å². The minimum Gasteiger partial charge on any atom is -0.396 e. The lowest BCUT2D eigenvalue weighted by Crippen LogP contribution is -2.53. The van der Waals surface area contributed by atoms with Crippen LogP contribution in [0.5, 0.6) is 0 Å². The Balaban J connectivity index is 1.89. The average Bonchev–Trinajstić information content (AvgIpc) is 2.95. The van der Waals surface area contributed by atoms with Gasteiger partial charge in [0.15, 0.2) is 5.13 Å². The summed E-state index contributed by atoms with van der Waals surface area (Å²) in [5.74, 6) is 0.740. The van der Waals surface area contributed by atoms with Gasteiger partial charge in [-0.25, -0.2) is 4.98 Å². The van der Waals surface area contributed by atoms with E-state index in [2.05, 4.69) is 33.5 Å². The molecular formula is C17H32N4OS. The van der Waals surface area contributed by atoms with Crippen molar-refractivity contribution in [2.75, 3.05) is 51.8 Å². The molecule has 23 heavy (non-hydrogen) atoms. The molecule has 0 bridgehead atoms. The van der Waals surface area contributed by atoms with Gasteiger partial charge in [0.1, 0.15) is 0 Å². The first kappa shape index (κ1) is 18.6. The van der Waals surface area contributed by atoms with Crippen molar-refractivity contribution in [3.05, 3.63) is 11.1 Å². The normalized spacial score (nSPS) is 20.3. The quantitative estimate of drug-likeness (QED) is 0.785. The van der Waals surface area contributed by atoms with Crippen LogP contribution in [0.25, 0.3) is 0 Å². The molecule has 1 fully saturated rings. The number of hydrogen-bond donors (Lipinski definition) is 1. The van der Waals surface area contributed by atoms with Crippen LogP contribution in [0.15, 0.2) is 6.20 Å². The molecule has 1 aromatic heterocycles. The molecule has 0 spiro atoms. The minimum absolute atomic E-state index is 0.280. The zero-order valence-corrected chi connectivity index (χ0v) is 15.8. The standard InChI is InChI=1S/C17H32N4OS/c1-14(2)5-7-21-9-8-20(12-15(21)6-10-22)13-16-11-18-17(23-16)19(3)4/h11,14-15,22H,5-10,12-13H2,1-4H3/t15-/m1/s1. The Morgan fingerprint density at radius 1 is 1.39 bits per heavy atom. The lowest BCUT2D eigenvalue weighted by atomic mass is 10.1. The molecule has 2 rings (SSSR count). The van der Waals surface area contributed by atoms with Gasteiger partial charge < -0.3 is 10.0 Å². The van der Waals surface area contributed by atoms with Crippen molar-refractivity contribution < 1.29 is 5.11 Å². The third-order valence-electron chi connectivity index (χ3n) is 4.45. The summed E-state index contributed by atoms with van der Waals surface area (Å²) in [7, 11) is 4.07. The summed E-state index contributed by atoms with van der Waals surface area (Å²) in [5.41, 5.74) is 0. The Morgan fingerprint density at radius 2 is 2.17 bits per heavy atom. The number of thiazole rings is 1. The Morgan fingerprint density at radius 3 is 2.78 bits per heavy atom. The van der Waals surface area contributed by atoms with Crippen LogP contribution in [0.3, 0.4) is 0 Å². The molecule has 0 aliphatic carbocycles. The SMILES string of the molecule is CC(C)CCN1CCN(Cc2cnc(N(C)C)s2)C[C@H]1CCO. The second kappa shape index (κ2) is 8.97. The highest BCUT2D eigenvalue weighted by atomic mass is 32.1. The number of hydrogen-bond acceptors (Lipinski definition) is 6. The van der Waals surface area contributed by atoms with E-state index in [1.165, 1.54) is 11.3 Å². The topological polar surface area (TPSA) is 42.8 Å². The van der Waals surface area contributed by atoms with Crippen LogP contribution in [0, 0.1) is 5.92 Å². The van der Waals surface area contributed by atoms with Crippen molar-refractivity contribution in [3.8, 4) is 0 Å². The molecule has 5 nitrogen and oxygen atoms in total. The maximum absolute atomic E-state index is 9.40. The molecule has 2 heterocycles. The van der Waals surface area contributed by atoms with Gasteiger partial charge >= 0.3 is 0 Å². The summed E-state index contributed by atoms with van der Waals surface area (Å²) in [4.78, 5) is 12.9. The van der Waals surface area contributed by atoms with E-state index in [0.29, 0.717) is 6.04 Å². The second-order valence-electron chi connectivity index (χ2n) is 7.12. The van der Waals surface area contributed by atoms with Crippen LogP contribution >= 0.6 is 11.3 Å². The lowest BCUT2D eigenvalue weighted by Gasteiger charge is -2.41. The molecule has 0 unspecified atom stereocenters. The minimum atomic E-state index is 0.280.